The first-order chi connectivity index (χ1) is 9.13. The van der Waals surface area contributed by atoms with Crippen molar-refractivity contribution in [2.45, 2.75) is 24.0 Å². The smallest absolute Gasteiger partial charge is 0.217 e. The van der Waals surface area contributed by atoms with Crippen molar-refractivity contribution in [3.8, 4) is 0 Å². The molecule has 112 valence electrons. The second kappa shape index (κ2) is 6.02. The van der Waals surface area contributed by atoms with E-state index in [1.165, 1.54) is 5.56 Å². The molecule has 3 rings (SSSR count). The molecule has 1 saturated carbocycles. The van der Waals surface area contributed by atoms with Crippen LogP contribution in [0.4, 0.5) is 0 Å². The normalized spacial score (nSPS) is 27.2. The number of rotatable bonds is 4. The molecular formula is C14H21ClN2O2S. The molecule has 2 fully saturated rings. The van der Waals surface area contributed by atoms with Crippen molar-refractivity contribution in [2.24, 2.45) is 11.7 Å². The van der Waals surface area contributed by atoms with Gasteiger partial charge in [-0.25, -0.2) is 12.7 Å². The minimum absolute atomic E-state index is 0. The Bertz CT molecular complexity index is 546. The molecular weight excluding hydrogens is 296 g/mol. The molecule has 6 heteroatoms. The van der Waals surface area contributed by atoms with Crippen LogP contribution in [0, 0.1) is 5.92 Å². The van der Waals surface area contributed by atoms with Crippen LogP contribution in [0.5, 0.6) is 0 Å². The Morgan fingerprint density at radius 2 is 1.80 bits per heavy atom. The number of nitrogens with zero attached hydrogens (tertiary/aromatic N) is 1. The fraction of sp³-hybridized carbons (Fsp3) is 0.571. The van der Waals surface area contributed by atoms with Gasteiger partial charge in [0.1, 0.15) is 0 Å². The van der Waals surface area contributed by atoms with Crippen molar-refractivity contribution in [3.05, 3.63) is 35.9 Å². The predicted molar refractivity (Wildman–Crippen MR) is 82.5 cm³/mol. The molecule has 2 N–H and O–H groups in total. The summed E-state index contributed by atoms with van der Waals surface area (Å²) in [5.74, 6) is 0.468. The van der Waals surface area contributed by atoms with Gasteiger partial charge < -0.3 is 5.73 Å². The fourth-order valence-electron chi connectivity index (χ4n) is 2.93. The molecule has 4 nitrogen and oxygen atoms in total. The van der Waals surface area contributed by atoms with Crippen LogP contribution in [0.2, 0.25) is 0 Å². The van der Waals surface area contributed by atoms with Gasteiger partial charge in [0.2, 0.25) is 10.0 Å². The van der Waals surface area contributed by atoms with Crippen LogP contribution in [0.3, 0.4) is 0 Å². The second-order valence-corrected chi connectivity index (χ2v) is 7.79. The molecule has 1 aromatic carbocycles. The quantitative estimate of drug-likeness (QED) is 0.917. The highest BCUT2D eigenvalue weighted by molar-refractivity contribution is 7.90. The van der Waals surface area contributed by atoms with Crippen LogP contribution in [-0.4, -0.2) is 37.6 Å². The third-order valence-electron chi connectivity index (χ3n) is 4.24. The summed E-state index contributed by atoms with van der Waals surface area (Å²) in [7, 11) is -3.07. The molecule has 0 spiro atoms. The van der Waals surface area contributed by atoms with Gasteiger partial charge in [0.05, 0.1) is 5.25 Å². The summed E-state index contributed by atoms with van der Waals surface area (Å²) in [5, 5.41) is -0.125. The van der Waals surface area contributed by atoms with Crippen molar-refractivity contribution in [3.63, 3.8) is 0 Å². The average molecular weight is 317 g/mol. The lowest BCUT2D eigenvalue weighted by atomic mass is 9.89. The summed E-state index contributed by atoms with van der Waals surface area (Å²) in [6, 6.07) is 10.1. The molecule has 2 aliphatic rings. The number of hydrogen-bond acceptors (Lipinski definition) is 3. The summed E-state index contributed by atoms with van der Waals surface area (Å²) >= 11 is 0. The van der Waals surface area contributed by atoms with E-state index in [1.54, 1.807) is 4.31 Å². The zero-order chi connectivity index (χ0) is 13.5. The van der Waals surface area contributed by atoms with Crippen molar-refractivity contribution >= 4 is 22.4 Å². The Labute approximate surface area is 126 Å². The third kappa shape index (κ3) is 2.86. The van der Waals surface area contributed by atoms with E-state index in [0.717, 1.165) is 12.8 Å². The maximum absolute atomic E-state index is 12.3. The van der Waals surface area contributed by atoms with Crippen LogP contribution < -0.4 is 5.73 Å². The monoisotopic (exact) mass is 316 g/mol. The summed E-state index contributed by atoms with van der Waals surface area (Å²) in [6.45, 7) is 1.70. The van der Waals surface area contributed by atoms with Crippen LogP contribution in [0.1, 0.15) is 24.3 Å². The Kier molecular flexibility index (Phi) is 4.74. The summed E-state index contributed by atoms with van der Waals surface area (Å²) in [5.41, 5.74) is 7.04. The highest BCUT2D eigenvalue weighted by Gasteiger charge is 2.45. The largest absolute Gasteiger partial charge is 0.330 e. The van der Waals surface area contributed by atoms with E-state index in [4.69, 9.17) is 5.73 Å². The number of hydrogen-bond donors (Lipinski definition) is 1. The molecule has 0 amide bonds. The van der Waals surface area contributed by atoms with Gasteiger partial charge in [-0.3, -0.25) is 0 Å². The van der Waals surface area contributed by atoms with E-state index < -0.39 is 10.0 Å². The lowest BCUT2D eigenvalue weighted by Crippen LogP contribution is -2.32. The molecule has 1 aliphatic carbocycles. The van der Waals surface area contributed by atoms with Crippen LogP contribution in [0.15, 0.2) is 30.3 Å². The Morgan fingerprint density at radius 1 is 1.15 bits per heavy atom. The minimum atomic E-state index is -3.07. The first-order valence-electron chi connectivity index (χ1n) is 6.87. The van der Waals surface area contributed by atoms with E-state index in [-0.39, 0.29) is 29.5 Å². The SMILES string of the molecule is Cl.NC[C@@H]1CN(S(=O)(=O)C2CC2)C[C@H]1c1ccccc1. The third-order valence-corrected chi connectivity index (χ3v) is 6.58. The summed E-state index contributed by atoms with van der Waals surface area (Å²) < 4.78 is 26.3. The number of nitrogens with two attached hydrogens (primary N) is 1. The summed E-state index contributed by atoms with van der Waals surface area (Å²) in [6.07, 6.45) is 1.64. The van der Waals surface area contributed by atoms with Gasteiger partial charge in [0.25, 0.3) is 0 Å². The Hall–Kier alpha value is -0.620. The number of sulfonamides is 1. The van der Waals surface area contributed by atoms with Gasteiger partial charge in [0.15, 0.2) is 0 Å². The maximum atomic E-state index is 12.3. The predicted octanol–water partition coefficient (Wildman–Crippen LogP) is 1.57. The van der Waals surface area contributed by atoms with E-state index in [2.05, 4.69) is 12.1 Å². The van der Waals surface area contributed by atoms with Gasteiger partial charge in [-0.1, -0.05) is 30.3 Å². The molecule has 0 bridgehead atoms. The maximum Gasteiger partial charge on any atom is 0.217 e. The molecule has 1 saturated heterocycles. The minimum Gasteiger partial charge on any atom is -0.330 e. The number of halogens is 1. The standard InChI is InChI=1S/C14H20N2O2S.ClH/c15-8-12-9-16(19(17,18)13-6-7-13)10-14(12)11-4-2-1-3-5-11;/h1-5,12-14H,6-10,15H2;1H/t12-,14+;/m1./s1. The topological polar surface area (TPSA) is 63.4 Å². The molecule has 1 heterocycles. The van der Waals surface area contributed by atoms with Crippen molar-refractivity contribution in [1.29, 1.82) is 0 Å². The van der Waals surface area contributed by atoms with Crippen LogP contribution in [0.25, 0.3) is 0 Å². The highest BCUT2D eigenvalue weighted by atomic mass is 35.5. The van der Waals surface area contributed by atoms with Crippen molar-refractivity contribution in [2.75, 3.05) is 19.6 Å². The molecule has 20 heavy (non-hydrogen) atoms. The van der Waals surface area contributed by atoms with Gasteiger partial charge in [-0.2, -0.15) is 0 Å². The molecule has 0 radical (unpaired) electrons. The summed E-state index contributed by atoms with van der Waals surface area (Å²) in [4.78, 5) is 0. The molecule has 2 atom stereocenters. The first kappa shape index (κ1) is 15.8. The van der Waals surface area contributed by atoms with Gasteiger partial charge in [-0.15, -0.1) is 12.4 Å². The lowest BCUT2D eigenvalue weighted by molar-refractivity contribution is 0.458. The van der Waals surface area contributed by atoms with Crippen LogP contribution >= 0.6 is 12.4 Å². The molecule has 1 aliphatic heterocycles. The van der Waals surface area contributed by atoms with Crippen LogP contribution in [-0.2, 0) is 10.0 Å². The second-order valence-electron chi connectivity index (χ2n) is 5.57. The van der Waals surface area contributed by atoms with Crippen molar-refractivity contribution < 1.29 is 8.42 Å². The highest BCUT2D eigenvalue weighted by Crippen LogP contribution is 2.38. The zero-order valence-corrected chi connectivity index (χ0v) is 12.9. The van der Waals surface area contributed by atoms with E-state index in [9.17, 15) is 8.42 Å². The zero-order valence-electron chi connectivity index (χ0n) is 11.3. The molecule has 0 aromatic heterocycles. The van der Waals surface area contributed by atoms with Gasteiger partial charge in [0, 0.05) is 19.0 Å². The first-order valence-corrected chi connectivity index (χ1v) is 8.37. The Balaban J connectivity index is 0.00000147. The van der Waals surface area contributed by atoms with E-state index in [0.29, 0.717) is 19.6 Å². The van der Waals surface area contributed by atoms with E-state index in [1.807, 2.05) is 18.2 Å². The lowest BCUT2D eigenvalue weighted by Gasteiger charge is -2.16. The Morgan fingerprint density at radius 3 is 2.35 bits per heavy atom. The van der Waals surface area contributed by atoms with Gasteiger partial charge >= 0.3 is 0 Å². The van der Waals surface area contributed by atoms with Gasteiger partial charge in [-0.05, 0) is 30.9 Å². The molecule has 1 aromatic rings. The average Bonchev–Trinajstić information content (AvgIpc) is 3.19. The number of benzene rings is 1. The van der Waals surface area contributed by atoms with E-state index >= 15 is 0 Å². The molecule has 0 unspecified atom stereocenters. The fourth-order valence-corrected chi connectivity index (χ4v) is 4.85. The van der Waals surface area contributed by atoms with Crippen molar-refractivity contribution in [1.82, 2.24) is 4.31 Å².